The third-order valence-corrected chi connectivity index (χ3v) is 3.80. The maximum Gasteiger partial charge on any atom is 0.176 e. The first-order chi connectivity index (χ1) is 10.8. The Balaban J connectivity index is 1.83. The molecule has 0 fully saturated rings. The number of aromatic hydroxyl groups is 1. The first-order valence-electron chi connectivity index (χ1n) is 7.19. The van der Waals surface area contributed by atoms with Crippen LogP contribution in [0.5, 0.6) is 17.2 Å². The van der Waals surface area contributed by atoms with Gasteiger partial charge in [0.2, 0.25) is 0 Å². The van der Waals surface area contributed by atoms with Crippen LogP contribution in [0.2, 0.25) is 0 Å². The second-order valence-corrected chi connectivity index (χ2v) is 5.25. The fourth-order valence-corrected chi connectivity index (χ4v) is 2.69. The number of fused-ring (bicyclic) bond motifs is 2. The van der Waals surface area contributed by atoms with Crippen LogP contribution < -0.4 is 4.74 Å². The molecule has 0 aromatic heterocycles. The number of rotatable bonds is 2. The molecule has 0 saturated heterocycles. The summed E-state index contributed by atoms with van der Waals surface area (Å²) in [6, 6.07) is 25.5. The molecule has 4 rings (SSSR count). The molecule has 2 nitrogen and oxygen atoms in total. The Hall–Kier alpha value is -3.00. The van der Waals surface area contributed by atoms with E-state index in [0.717, 1.165) is 21.5 Å². The van der Waals surface area contributed by atoms with E-state index in [4.69, 9.17) is 4.74 Å². The highest BCUT2D eigenvalue weighted by Crippen LogP contribution is 2.38. The summed E-state index contributed by atoms with van der Waals surface area (Å²) < 4.78 is 5.98. The zero-order valence-electron chi connectivity index (χ0n) is 11.9. The van der Waals surface area contributed by atoms with Crippen LogP contribution in [0.4, 0.5) is 0 Å². The minimum absolute atomic E-state index is 0.145. The fraction of sp³-hybridized carbons (Fsp3) is 0. The van der Waals surface area contributed by atoms with E-state index in [1.807, 2.05) is 66.7 Å². The molecule has 0 bridgehead atoms. The van der Waals surface area contributed by atoms with Crippen LogP contribution in [-0.4, -0.2) is 5.11 Å². The Kier molecular flexibility index (Phi) is 2.94. The highest BCUT2D eigenvalue weighted by molar-refractivity contribution is 5.91. The van der Waals surface area contributed by atoms with Crippen LogP contribution >= 0.6 is 0 Å². The maximum absolute atomic E-state index is 10.2. The van der Waals surface area contributed by atoms with Crippen molar-refractivity contribution in [2.75, 3.05) is 0 Å². The van der Waals surface area contributed by atoms with Crippen molar-refractivity contribution < 1.29 is 9.84 Å². The molecule has 0 aliphatic heterocycles. The van der Waals surface area contributed by atoms with Gasteiger partial charge < -0.3 is 9.84 Å². The summed E-state index contributed by atoms with van der Waals surface area (Å²) in [6.45, 7) is 0. The highest BCUT2D eigenvalue weighted by Gasteiger charge is 2.09. The SMILES string of the molecule is Oc1ccc2ccccc2c1Oc1ccc2ccccc2c1. The molecule has 1 N–H and O–H groups in total. The molecule has 4 aromatic rings. The quantitative estimate of drug-likeness (QED) is 0.528. The third-order valence-electron chi connectivity index (χ3n) is 3.80. The summed E-state index contributed by atoms with van der Waals surface area (Å²) in [5, 5.41) is 14.4. The Bertz CT molecular complexity index is 973. The lowest BCUT2D eigenvalue weighted by Crippen LogP contribution is -1.87. The van der Waals surface area contributed by atoms with E-state index in [1.165, 1.54) is 0 Å². The first kappa shape index (κ1) is 12.7. The van der Waals surface area contributed by atoms with Crippen molar-refractivity contribution in [2.24, 2.45) is 0 Å². The molecule has 0 spiro atoms. The van der Waals surface area contributed by atoms with E-state index in [0.29, 0.717) is 11.5 Å². The Morgan fingerprint density at radius 3 is 2.18 bits per heavy atom. The van der Waals surface area contributed by atoms with E-state index in [-0.39, 0.29) is 5.75 Å². The van der Waals surface area contributed by atoms with Gasteiger partial charge in [-0.2, -0.15) is 0 Å². The van der Waals surface area contributed by atoms with Gasteiger partial charge in [-0.05, 0) is 34.4 Å². The minimum atomic E-state index is 0.145. The standard InChI is InChI=1S/C20H14O2/c21-19-12-10-15-6-3-4-8-18(15)20(19)22-17-11-9-14-5-1-2-7-16(14)13-17/h1-13,21H. The second kappa shape index (κ2) is 5.08. The largest absolute Gasteiger partial charge is 0.504 e. The van der Waals surface area contributed by atoms with Crippen LogP contribution in [-0.2, 0) is 0 Å². The van der Waals surface area contributed by atoms with Crippen LogP contribution in [0.15, 0.2) is 78.9 Å². The van der Waals surface area contributed by atoms with Crippen LogP contribution in [0.3, 0.4) is 0 Å². The van der Waals surface area contributed by atoms with Crippen molar-refractivity contribution in [3.63, 3.8) is 0 Å². The molecule has 0 unspecified atom stereocenters. The Morgan fingerprint density at radius 2 is 1.32 bits per heavy atom. The van der Waals surface area contributed by atoms with Gasteiger partial charge in [0.1, 0.15) is 5.75 Å². The molecule has 0 amide bonds. The van der Waals surface area contributed by atoms with E-state index < -0.39 is 0 Å². The van der Waals surface area contributed by atoms with Crippen molar-refractivity contribution in [1.82, 2.24) is 0 Å². The summed E-state index contributed by atoms with van der Waals surface area (Å²) in [4.78, 5) is 0. The average molecular weight is 286 g/mol. The van der Waals surface area contributed by atoms with Gasteiger partial charge in [0.25, 0.3) is 0 Å². The number of hydrogen-bond donors (Lipinski definition) is 1. The Morgan fingerprint density at radius 1 is 0.636 bits per heavy atom. The highest BCUT2D eigenvalue weighted by atomic mass is 16.5. The molecule has 106 valence electrons. The van der Waals surface area contributed by atoms with Gasteiger partial charge in [-0.1, -0.05) is 60.7 Å². The molecule has 0 heterocycles. The van der Waals surface area contributed by atoms with Gasteiger partial charge in [-0.25, -0.2) is 0 Å². The fourth-order valence-electron chi connectivity index (χ4n) is 2.69. The second-order valence-electron chi connectivity index (χ2n) is 5.25. The third kappa shape index (κ3) is 2.15. The molecule has 2 heteroatoms. The predicted molar refractivity (Wildman–Crippen MR) is 89.6 cm³/mol. The Labute approximate surface area is 128 Å². The summed E-state index contributed by atoms with van der Waals surface area (Å²) in [7, 11) is 0. The van der Waals surface area contributed by atoms with Gasteiger partial charge in [-0.3, -0.25) is 0 Å². The molecule has 22 heavy (non-hydrogen) atoms. The lowest BCUT2D eigenvalue weighted by atomic mass is 10.1. The van der Waals surface area contributed by atoms with Gasteiger partial charge in [0.15, 0.2) is 11.5 Å². The normalized spacial score (nSPS) is 10.9. The molecule has 0 atom stereocenters. The number of benzene rings is 4. The van der Waals surface area contributed by atoms with Gasteiger partial charge in [-0.15, -0.1) is 0 Å². The smallest absolute Gasteiger partial charge is 0.176 e. The van der Waals surface area contributed by atoms with Crippen LogP contribution in [0.1, 0.15) is 0 Å². The summed E-state index contributed by atoms with van der Waals surface area (Å²) in [5.74, 6) is 1.35. The summed E-state index contributed by atoms with van der Waals surface area (Å²) in [6.07, 6.45) is 0. The van der Waals surface area contributed by atoms with Crippen LogP contribution in [0.25, 0.3) is 21.5 Å². The van der Waals surface area contributed by atoms with E-state index in [9.17, 15) is 5.11 Å². The van der Waals surface area contributed by atoms with E-state index >= 15 is 0 Å². The van der Waals surface area contributed by atoms with Crippen LogP contribution in [0, 0.1) is 0 Å². The summed E-state index contributed by atoms with van der Waals surface area (Å²) >= 11 is 0. The summed E-state index contributed by atoms with van der Waals surface area (Å²) in [5.41, 5.74) is 0. The van der Waals surface area contributed by atoms with Crippen molar-refractivity contribution in [2.45, 2.75) is 0 Å². The zero-order valence-corrected chi connectivity index (χ0v) is 11.9. The van der Waals surface area contributed by atoms with E-state index in [2.05, 4.69) is 6.07 Å². The van der Waals surface area contributed by atoms with Gasteiger partial charge >= 0.3 is 0 Å². The van der Waals surface area contributed by atoms with Crippen molar-refractivity contribution >= 4 is 21.5 Å². The van der Waals surface area contributed by atoms with Crippen molar-refractivity contribution in [3.05, 3.63) is 78.9 Å². The molecule has 0 aliphatic rings. The molecule has 0 saturated carbocycles. The first-order valence-corrected chi connectivity index (χ1v) is 7.19. The van der Waals surface area contributed by atoms with Gasteiger partial charge in [0, 0.05) is 5.39 Å². The number of phenols is 1. The van der Waals surface area contributed by atoms with Gasteiger partial charge in [0.05, 0.1) is 0 Å². The lowest BCUT2D eigenvalue weighted by molar-refractivity contribution is 0.415. The monoisotopic (exact) mass is 286 g/mol. The predicted octanol–water partition coefficient (Wildman–Crippen LogP) is 5.49. The van der Waals surface area contributed by atoms with E-state index in [1.54, 1.807) is 6.07 Å². The molecular weight excluding hydrogens is 272 g/mol. The topological polar surface area (TPSA) is 29.5 Å². The number of ether oxygens (including phenoxy) is 1. The molecular formula is C20H14O2. The molecule has 4 aromatic carbocycles. The molecule has 0 radical (unpaired) electrons. The average Bonchev–Trinajstić information content (AvgIpc) is 2.57. The van der Waals surface area contributed by atoms with Crippen molar-refractivity contribution in [1.29, 1.82) is 0 Å². The van der Waals surface area contributed by atoms with Crippen molar-refractivity contribution in [3.8, 4) is 17.2 Å². The number of hydrogen-bond acceptors (Lipinski definition) is 2. The maximum atomic E-state index is 10.2. The lowest BCUT2D eigenvalue weighted by Gasteiger charge is -2.11. The number of phenolic OH excluding ortho intramolecular Hbond substituents is 1. The zero-order chi connectivity index (χ0) is 14.9. The molecule has 0 aliphatic carbocycles. The minimum Gasteiger partial charge on any atom is -0.504 e.